The van der Waals surface area contributed by atoms with Crippen LogP contribution in [0.2, 0.25) is 0 Å². The van der Waals surface area contributed by atoms with Crippen molar-refractivity contribution < 1.29 is 19.2 Å². The lowest BCUT2D eigenvalue weighted by Gasteiger charge is -2.04. The summed E-state index contributed by atoms with van der Waals surface area (Å²) in [5.74, 6) is -1.12. The van der Waals surface area contributed by atoms with E-state index in [2.05, 4.69) is 20.7 Å². The molecule has 0 aliphatic rings. The second kappa shape index (κ2) is 5.53. The second-order valence-corrected chi connectivity index (χ2v) is 3.65. The summed E-state index contributed by atoms with van der Waals surface area (Å²) >= 11 is 2.97. The molecule has 0 N–H and O–H groups in total. The molecule has 7 heteroatoms. The third-order valence-electron chi connectivity index (χ3n) is 1.85. The molecule has 1 aromatic carbocycles. The van der Waals surface area contributed by atoms with Crippen molar-refractivity contribution in [2.75, 3.05) is 5.33 Å². The van der Waals surface area contributed by atoms with E-state index in [1.54, 1.807) is 0 Å². The van der Waals surface area contributed by atoms with Crippen molar-refractivity contribution in [1.29, 1.82) is 0 Å². The number of ether oxygens (including phenoxy) is 1. The van der Waals surface area contributed by atoms with Gasteiger partial charge >= 0.3 is 11.7 Å². The van der Waals surface area contributed by atoms with Gasteiger partial charge in [-0.1, -0.05) is 15.9 Å². The van der Waals surface area contributed by atoms with Crippen LogP contribution < -0.4 is 4.74 Å². The SMILES string of the molecule is CC(=O)Oc1ccc(C(=O)CBr)cc1[N+](=O)[O-]. The number of Topliss-reactive ketones (excluding diaryl/α,β-unsaturated/α-hetero) is 1. The summed E-state index contributed by atoms with van der Waals surface area (Å²) in [7, 11) is 0. The number of hydrogen-bond acceptors (Lipinski definition) is 5. The Morgan fingerprint density at radius 2 is 2.12 bits per heavy atom. The monoisotopic (exact) mass is 301 g/mol. The Morgan fingerprint density at radius 1 is 1.47 bits per heavy atom. The van der Waals surface area contributed by atoms with Gasteiger partial charge in [-0.25, -0.2) is 0 Å². The van der Waals surface area contributed by atoms with Crippen molar-refractivity contribution in [2.24, 2.45) is 0 Å². The molecule has 1 aromatic rings. The molecule has 0 atom stereocenters. The molecule has 0 spiro atoms. The predicted molar refractivity (Wildman–Crippen MR) is 62.5 cm³/mol. The fraction of sp³-hybridized carbons (Fsp3) is 0.200. The van der Waals surface area contributed by atoms with Crippen LogP contribution in [-0.4, -0.2) is 22.0 Å². The molecular weight excluding hydrogens is 294 g/mol. The summed E-state index contributed by atoms with van der Waals surface area (Å²) in [6.45, 7) is 1.14. The zero-order chi connectivity index (χ0) is 13.0. The minimum Gasteiger partial charge on any atom is -0.419 e. The maximum absolute atomic E-state index is 11.3. The Balaban J connectivity index is 3.21. The smallest absolute Gasteiger partial charge is 0.312 e. The number of hydrogen-bond donors (Lipinski definition) is 0. The number of alkyl halides is 1. The molecule has 17 heavy (non-hydrogen) atoms. The standard InChI is InChI=1S/C10H8BrNO5/c1-6(13)17-10-3-2-7(9(14)5-11)4-8(10)12(15)16/h2-4H,5H2,1H3. The lowest BCUT2D eigenvalue weighted by molar-refractivity contribution is -0.385. The van der Waals surface area contributed by atoms with Crippen LogP contribution in [0.4, 0.5) is 5.69 Å². The molecule has 0 bridgehead atoms. The maximum atomic E-state index is 11.3. The van der Waals surface area contributed by atoms with Crippen molar-refractivity contribution in [2.45, 2.75) is 6.92 Å². The second-order valence-electron chi connectivity index (χ2n) is 3.09. The Kier molecular flexibility index (Phi) is 4.33. The quantitative estimate of drug-likeness (QED) is 0.212. The molecule has 6 nitrogen and oxygen atoms in total. The first-order chi connectivity index (χ1) is 7.95. The number of halogens is 1. The van der Waals surface area contributed by atoms with Gasteiger partial charge in [-0.05, 0) is 12.1 Å². The number of nitro groups is 1. The van der Waals surface area contributed by atoms with E-state index in [-0.39, 0.29) is 22.4 Å². The molecule has 0 radical (unpaired) electrons. The molecule has 0 unspecified atom stereocenters. The third-order valence-corrected chi connectivity index (χ3v) is 2.36. The number of ketones is 1. The minimum absolute atomic E-state index is 0.0665. The van der Waals surface area contributed by atoms with Crippen LogP contribution in [0.15, 0.2) is 18.2 Å². The lowest BCUT2D eigenvalue weighted by atomic mass is 10.1. The number of carbonyl (C=O) groups excluding carboxylic acids is 2. The summed E-state index contributed by atoms with van der Waals surface area (Å²) in [6, 6.07) is 3.69. The first kappa shape index (κ1) is 13.3. The summed E-state index contributed by atoms with van der Waals surface area (Å²) in [5, 5.41) is 10.8. The Bertz CT molecular complexity index is 486. The fourth-order valence-electron chi connectivity index (χ4n) is 1.15. The number of carbonyl (C=O) groups is 2. The van der Waals surface area contributed by atoms with Crippen molar-refractivity contribution >= 4 is 33.4 Å². The molecule has 1 rings (SSSR count). The first-order valence-corrected chi connectivity index (χ1v) is 5.64. The molecule has 0 aliphatic heterocycles. The van der Waals surface area contributed by atoms with Gasteiger partial charge in [0.05, 0.1) is 10.3 Å². The van der Waals surface area contributed by atoms with Crippen LogP contribution in [0.25, 0.3) is 0 Å². The highest BCUT2D eigenvalue weighted by atomic mass is 79.9. The Labute approximate surface area is 105 Å². The van der Waals surface area contributed by atoms with E-state index in [0.29, 0.717) is 0 Å². The van der Waals surface area contributed by atoms with Gasteiger partial charge < -0.3 is 4.74 Å². The predicted octanol–water partition coefficient (Wildman–Crippen LogP) is 2.10. The van der Waals surface area contributed by atoms with E-state index in [1.165, 1.54) is 12.1 Å². The normalized spacial score (nSPS) is 9.76. The van der Waals surface area contributed by atoms with Gasteiger partial charge in [0.2, 0.25) is 5.75 Å². The highest BCUT2D eigenvalue weighted by Crippen LogP contribution is 2.28. The molecule has 0 fully saturated rings. The summed E-state index contributed by atoms with van der Waals surface area (Å²) in [4.78, 5) is 32.1. The van der Waals surface area contributed by atoms with Crippen molar-refractivity contribution in [1.82, 2.24) is 0 Å². The van der Waals surface area contributed by atoms with Crippen LogP contribution in [0, 0.1) is 10.1 Å². The highest BCUT2D eigenvalue weighted by molar-refractivity contribution is 9.09. The summed E-state index contributed by atoms with van der Waals surface area (Å²) in [5.41, 5.74) is -0.225. The van der Waals surface area contributed by atoms with Crippen molar-refractivity contribution in [3.8, 4) is 5.75 Å². The average Bonchev–Trinajstić information content (AvgIpc) is 2.27. The van der Waals surface area contributed by atoms with Crippen LogP contribution >= 0.6 is 15.9 Å². The maximum Gasteiger partial charge on any atom is 0.312 e. The van der Waals surface area contributed by atoms with E-state index in [9.17, 15) is 19.7 Å². The van der Waals surface area contributed by atoms with Crippen molar-refractivity contribution in [3.05, 3.63) is 33.9 Å². The highest BCUT2D eigenvalue weighted by Gasteiger charge is 2.19. The molecular formula is C10H8BrNO5. The van der Waals surface area contributed by atoms with Gasteiger partial charge in [0.25, 0.3) is 0 Å². The van der Waals surface area contributed by atoms with Gasteiger partial charge in [0, 0.05) is 18.6 Å². The van der Waals surface area contributed by atoms with Crippen LogP contribution in [0.1, 0.15) is 17.3 Å². The van der Waals surface area contributed by atoms with Gasteiger partial charge in [-0.15, -0.1) is 0 Å². The van der Waals surface area contributed by atoms with E-state index in [0.717, 1.165) is 13.0 Å². The topological polar surface area (TPSA) is 86.5 Å². The number of benzene rings is 1. The van der Waals surface area contributed by atoms with E-state index >= 15 is 0 Å². The Morgan fingerprint density at radius 3 is 2.59 bits per heavy atom. The minimum atomic E-state index is -0.705. The Hall–Kier alpha value is -1.76. The number of esters is 1. The zero-order valence-electron chi connectivity index (χ0n) is 8.81. The number of nitro benzene ring substituents is 1. The summed E-state index contributed by atoms with van der Waals surface area (Å²) < 4.78 is 4.67. The average molecular weight is 302 g/mol. The first-order valence-electron chi connectivity index (χ1n) is 4.51. The number of nitrogens with zero attached hydrogens (tertiary/aromatic N) is 1. The molecule has 0 amide bonds. The van der Waals surface area contributed by atoms with E-state index in [1.807, 2.05) is 0 Å². The van der Waals surface area contributed by atoms with Crippen LogP contribution in [-0.2, 0) is 4.79 Å². The number of rotatable bonds is 4. The van der Waals surface area contributed by atoms with Gasteiger partial charge in [0.1, 0.15) is 0 Å². The molecule has 90 valence electrons. The third kappa shape index (κ3) is 3.35. The van der Waals surface area contributed by atoms with Crippen molar-refractivity contribution in [3.63, 3.8) is 0 Å². The zero-order valence-corrected chi connectivity index (χ0v) is 10.4. The van der Waals surface area contributed by atoms with Gasteiger partial charge in [-0.3, -0.25) is 19.7 Å². The van der Waals surface area contributed by atoms with E-state index < -0.39 is 16.6 Å². The largest absolute Gasteiger partial charge is 0.419 e. The van der Waals surface area contributed by atoms with E-state index in [4.69, 9.17) is 0 Å². The molecule has 0 heterocycles. The lowest BCUT2D eigenvalue weighted by Crippen LogP contribution is -2.06. The molecule has 0 saturated carbocycles. The molecule has 0 saturated heterocycles. The van der Waals surface area contributed by atoms with Crippen LogP contribution in [0.3, 0.4) is 0 Å². The van der Waals surface area contributed by atoms with Gasteiger partial charge in [0.15, 0.2) is 5.78 Å². The summed E-state index contributed by atoms with van der Waals surface area (Å²) in [6.07, 6.45) is 0. The van der Waals surface area contributed by atoms with Crippen LogP contribution in [0.5, 0.6) is 5.75 Å². The molecule has 0 aliphatic carbocycles. The van der Waals surface area contributed by atoms with Gasteiger partial charge in [-0.2, -0.15) is 0 Å². The fourth-order valence-corrected chi connectivity index (χ4v) is 1.48. The molecule has 0 aromatic heterocycles.